The van der Waals surface area contributed by atoms with Gasteiger partial charge in [-0.15, -0.1) is 0 Å². The normalized spacial score (nSPS) is 16.4. The minimum atomic E-state index is -0.131. The summed E-state index contributed by atoms with van der Waals surface area (Å²) in [7, 11) is 0. The number of nitrogens with one attached hydrogen (secondary N) is 2. The number of carbonyl (C=O) groups is 1. The van der Waals surface area contributed by atoms with Crippen LogP contribution in [0.25, 0.3) is 0 Å². The topological polar surface area (TPSA) is 48.1 Å². The summed E-state index contributed by atoms with van der Waals surface area (Å²) in [6.45, 7) is 5.69. The molecule has 0 radical (unpaired) electrons. The first-order valence-electron chi connectivity index (χ1n) is 8.07. The summed E-state index contributed by atoms with van der Waals surface area (Å²) in [5, 5.41) is 2.90. The lowest BCUT2D eigenvalue weighted by Gasteiger charge is -2.30. The molecule has 2 N–H and O–H groups in total. The van der Waals surface area contributed by atoms with Crippen molar-refractivity contribution in [2.45, 2.75) is 26.3 Å². The van der Waals surface area contributed by atoms with Crippen LogP contribution in [0.15, 0.2) is 41.0 Å². The number of nitrogens with zero attached hydrogens (tertiary/aromatic N) is 1. The maximum atomic E-state index is 12.1. The highest BCUT2D eigenvalue weighted by atomic mass is 79.9. The summed E-state index contributed by atoms with van der Waals surface area (Å²) in [6, 6.07) is 9.90. The van der Waals surface area contributed by atoms with Crippen molar-refractivity contribution in [2.75, 3.05) is 18.4 Å². The highest BCUT2D eigenvalue weighted by molar-refractivity contribution is 9.10. The second-order valence-electron chi connectivity index (χ2n) is 6.34. The molecule has 0 saturated carbocycles. The van der Waals surface area contributed by atoms with Crippen LogP contribution >= 0.6 is 15.9 Å². The van der Waals surface area contributed by atoms with E-state index in [2.05, 4.69) is 50.2 Å². The van der Waals surface area contributed by atoms with Crippen LogP contribution in [0.2, 0.25) is 0 Å². The average Bonchev–Trinajstić information content (AvgIpc) is 2.98. The molecule has 0 spiro atoms. The van der Waals surface area contributed by atoms with Crippen LogP contribution in [0.3, 0.4) is 0 Å². The first kappa shape index (κ1) is 16.3. The summed E-state index contributed by atoms with van der Waals surface area (Å²) in [5.74, 6) is 0.727. The first-order valence-corrected chi connectivity index (χ1v) is 8.86. The Kier molecular flexibility index (Phi) is 5.18. The molecular weight excluding hydrogens is 354 g/mol. The largest absolute Gasteiger partial charge is 0.356 e. The Morgan fingerprint density at radius 3 is 2.61 bits per heavy atom. The average molecular weight is 376 g/mol. The van der Waals surface area contributed by atoms with E-state index in [-0.39, 0.29) is 5.91 Å². The van der Waals surface area contributed by atoms with Gasteiger partial charge in [-0.05, 0) is 71.5 Å². The van der Waals surface area contributed by atoms with Crippen LogP contribution in [0.4, 0.5) is 5.69 Å². The third kappa shape index (κ3) is 4.45. The standard InChI is InChI=1S/C18H22BrN3O/c1-13-6-8-22(9-7-13)12-14-2-4-16(5-3-14)21-18(23)17-10-15(19)11-20-17/h2-5,10-11,13,20H,6-9,12H2,1H3,(H,21,23). The molecule has 2 aromatic rings. The lowest BCUT2D eigenvalue weighted by molar-refractivity contribution is 0.102. The molecule has 0 bridgehead atoms. The molecule has 3 rings (SSSR count). The number of carbonyl (C=O) groups excluding carboxylic acids is 1. The van der Waals surface area contributed by atoms with Crippen molar-refractivity contribution < 1.29 is 4.79 Å². The van der Waals surface area contributed by atoms with Gasteiger partial charge >= 0.3 is 0 Å². The van der Waals surface area contributed by atoms with E-state index >= 15 is 0 Å². The fraction of sp³-hybridized carbons (Fsp3) is 0.389. The Balaban J connectivity index is 1.55. The van der Waals surface area contributed by atoms with Crippen molar-refractivity contribution in [1.29, 1.82) is 0 Å². The second-order valence-corrected chi connectivity index (χ2v) is 7.26. The molecule has 1 aromatic heterocycles. The molecule has 1 saturated heterocycles. The van der Waals surface area contributed by atoms with Gasteiger partial charge in [0.15, 0.2) is 0 Å². The number of likely N-dealkylation sites (tertiary alicyclic amines) is 1. The molecule has 0 unspecified atom stereocenters. The molecule has 1 amide bonds. The van der Waals surface area contributed by atoms with E-state index in [1.807, 2.05) is 12.1 Å². The number of aromatic nitrogens is 1. The fourth-order valence-corrected chi connectivity index (χ4v) is 3.21. The highest BCUT2D eigenvalue weighted by Crippen LogP contribution is 2.19. The SMILES string of the molecule is CC1CCN(Cc2ccc(NC(=O)c3cc(Br)c[nH]3)cc2)CC1. The molecule has 4 nitrogen and oxygen atoms in total. The van der Waals surface area contributed by atoms with Crippen LogP contribution < -0.4 is 5.32 Å². The van der Waals surface area contributed by atoms with Gasteiger partial charge in [-0.3, -0.25) is 9.69 Å². The summed E-state index contributed by atoms with van der Waals surface area (Å²) in [6.07, 6.45) is 4.33. The molecule has 1 aliphatic rings. The van der Waals surface area contributed by atoms with Gasteiger partial charge in [0.2, 0.25) is 0 Å². The molecule has 1 aromatic carbocycles. The molecule has 1 fully saturated rings. The summed E-state index contributed by atoms with van der Waals surface area (Å²) in [4.78, 5) is 17.5. The van der Waals surface area contributed by atoms with Gasteiger partial charge in [-0.25, -0.2) is 0 Å². The number of halogens is 1. The Morgan fingerprint density at radius 2 is 2.00 bits per heavy atom. The van der Waals surface area contributed by atoms with Gasteiger partial charge < -0.3 is 10.3 Å². The van der Waals surface area contributed by atoms with E-state index in [4.69, 9.17) is 0 Å². The Morgan fingerprint density at radius 1 is 1.30 bits per heavy atom. The molecule has 2 heterocycles. The fourth-order valence-electron chi connectivity index (χ4n) is 2.87. The summed E-state index contributed by atoms with van der Waals surface area (Å²) >= 11 is 3.33. The number of hydrogen-bond donors (Lipinski definition) is 2. The molecule has 1 aliphatic heterocycles. The summed E-state index contributed by atoms with van der Waals surface area (Å²) in [5.41, 5.74) is 2.65. The number of aromatic amines is 1. The van der Waals surface area contributed by atoms with Crippen molar-refractivity contribution in [1.82, 2.24) is 9.88 Å². The number of hydrogen-bond acceptors (Lipinski definition) is 2. The van der Waals surface area contributed by atoms with Crippen LogP contribution in [0, 0.1) is 5.92 Å². The zero-order chi connectivity index (χ0) is 16.2. The van der Waals surface area contributed by atoms with Crippen molar-refractivity contribution in [2.24, 2.45) is 5.92 Å². The van der Waals surface area contributed by atoms with E-state index in [0.29, 0.717) is 5.69 Å². The predicted octanol–water partition coefficient (Wildman–Crippen LogP) is 4.26. The van der Waals surface area contributed by atoms with Gasteiger partial charge in [-0.2, -0.15) is 0 Å². The lowest BCUT2D eigenvalue weighted by atomic mass is 9.99. The van der Waals surface area contributed by atoms with E-state index in [1.165, 1.54) is 31.5 Å². The van der Waals surface area contributed by atoms with Crippen molar-refractivity contribution in [3.63, 3.8) is 0 Å². The smallest absolute Gasteiger partial charge is 0.272 e. The minimum Gasteiger partial charge on any atom is -0.356 e. The molecular formula is C18H22BrN3O. The number of rotatable bonds is 4. The van der Waals surface area contributed by atoms with Crippen LogP contribution in [0.5, 0.6) is 0 Å². The Labute approximate surface area is 145 Å². The van der Waals surface area contributed by atoms with Gasteiger partial charge in [0, 0.05) is 22.9 Å². The van der Waals surface area contributed by atoms with Gasteiger partial charge in [0.25, 0.3) is 5.91 Å². The zero-order valence-electron chi connectivity index (χ0n) is 13.3. The number of piperidine rings is 1. The monoisotopic (exact) mass is 375 g/mol. The maximum absolute atomic E-state index is 12.1. The minimum absolute atomic E-state index is 0.131. The van der Waals surface area contributed by atoms with Crippen molar-refractivity contribution >= 4 is 27.5 Å². The third-order valence-electron chi connectivity index (χ3n) is 4.39. The quantitative estimate of drug-likeness (QED) is 0.838. The molecule has 5 heteroatoms. The van der Waals surface area contributed by atoms with E-state index < -0.39 is 0 Å². The van der Waals surface area contributed by atoms with Gasteiger partial charge in [-0.1, -0.05) is 19.1 Å². The Bertz CT molecular complexity index is 657. The highest BCUT2D eigenvalue weighted by Gasteiger charge is 2.15. The molecule has 0 aliphatic carbocycles. The van der Waals surface area contributed by atoms with Crippen molar-refractivity contribution in [3.05, 3.63) is 52.3 Å². The third-order valence-corrected chi connectivity index (χ3v) is 4.84. The molecule has 122 valence electrons. The first-order chi connectivity index (χ1) is 11.1. The number of amides is 1. The van der Waals surface area contributed by atoms with Crippen LogP contribution in [-0.2, 0) is 6.54 Å². The Hall–Kier alpha value is -1.59. The maximum Gasteiger partial charge on any atom is 0.272 e. The molecule has 0 atom stereocenters. The lowest BCUT2D eigenvalue weighted by Crippen LogP contribution is -2.32. The van der Waals surface area contributed by atoms with Gasteiger partial charge in [0.1, 0.15) is 5.69 Å². The number of anilines is 1. The van der Waals surface area contributed by atoms with Crippen molar-refractivity contribution in [3.8, 4) is 0 Å². The second kappa shape index (κ2) is 7.32. The van der Waals surface area contributed by atoms with Gasteiger partial charge in [0.05, 0.1) is 0 Å². The van der Waals surface area contributed by atoms with Crippen LogP contribution in [-0.4, -0.2) is 28.9 Å². The van der Waals surface area contributed by atoms with E-state index in [0.717, 1.165) is 22.6 Å². The predicted molar refractivity (Wildman–Crippen MR) is 96.6 cm³/mol. The number of H-pyrrole nitrogens is 1. The summed E-state index contributed by atoms with van der Waals surface area (Å²) < 4.78 is 0.869. The van der Waals surface area contributed by atoms with Crippen LogP contribution in [0.1, 0.15) is 35.8 Å². The van der Waals surface area contributed by atoms with E-state index in [1.54, 1.807) is 12.3 Å². The van der Waals surface area contributed by atoms with E-state index in [9.17, 15) is 4.79 Å². The molecule has 23 heavy (non-hydrogen) atoms. The zero-order valence-corrected chi connectivity index (χ0v) is 14.9. The number of benzene rings is 1.